The quantitative estimate of drug-likeness (QED) is 0.315. The summed E-state index contributed by atoms with van der Waals surface area (Å²) in [5, 5.41) is 0.150. The molecule has 4 aromatic rings. The van der Waals surface area contributed by atoms with Gasteiger partial charge in [0.25, 0.3) is 11.5 Å². The molecule has 1 aliphatic rings. The first-order chi connectivity index (χ1) is 17.5. The number of hydrogen-bond acceptors (Lipinski definition) is 6. The van der Waals surface area contributed by atoms with E-state index in [4.69, 9.17) is 9.47 Å². The van der Waals surface area contributed by atoms with Gasteiger partial charge in [0.05, 0.1) is 30.2 Å². The number of amides is 1. The van der Waals surface area contributed by atoms with Gasteiger partial charge in [0.1, 0.15) is 22.7 Å². The summed E-state index contributed by atoms with van der Waals surface area (Å²) in [7, 11) is 0. The number of benzene rings is 1. The monoisotopic (exact) mass is 490 g/mol. The summed E-state index contributed by atoms with van der Waals surface area (Å²) in [6.07, 6.45) is 2.92. The maximum atomic E-state index is 14.4. The Kier molecular flexibility index (Phi) is 6.43. The maximum absolute atomic E-state index is 14.4. The first-order valence-corrected chi connectivity index (χ1v) is 11.6. The minimum absolute atomic E-state index is 0.0677. The first-order valence-electron chi connectivity index (χ1n) is 11.6. The van der Waals surface area contributed by atoms with Crippen LogP contribution in [-0.2, 0) is 16.0 Å². The SMILES string of the molecule is CCOC(=O)c1cc2c(=O)n3ccccc3nc2n(CC2CCCO2)c1=NC(=O)c1ccccc1F. The highest BCUT2D eigenvalue weighted by Crippen LogP contribution is 2.18. The van der Waals surface area contributed by atoms with Crippen LogP contribution in [0.15, 0.2) is 64.5 Å². The first kappa shape index (κ1) is 23.6. The number of aromatic nitrogens is 3. The van der Waals surface area contributed by atoms with E-state index in [0.717, 1.165) is 18.9 Å². The predicted octanol–water partition coefficient (Wildman–Crippen LogP) is 2.89. The van der Waals surface area contributed by atoms with Crippen molar-refractivity contribution in [1.29, 1.82) is 0 Å². The smallest absolute Gasteiger partial charge is 0.341 e. The van der Waals surface area contributed by atoms with Gasteiger partial charge < -0.3 is 14.0 Å². The summed E-state index contributed by atoms with van der Waals surface area (Å²) in [4.78, 5) is 48.3. The molecule has 1 atom stereocenters. The molecule has 5 rings (SSSR count). The van der Waals surface area contributed by atoms with Crippen LogP contribution in [0.2, 0.25) is 0 Å². The lowest BCUT2D eigenvalue weighted by Crippen LogP contribution is -2.35. The summed E-state index contributed by atoms with van der Waals surface area (Å²) < 4.78 is 28.3. The van der Waals surface area contributed by atoms with Crippen molar-refractivity contribution in [3.63, 3.8) is 0 Å². The highest BCUT2D eigenvalue weighted by molar-refractivity contribution is 5.97. The number of nitrogens with zero attached hydrogens (tertiary/aromatic N) is 4. The van der Waals surface area contributed by atoms with E-state index in [0.29, 0.717) is 12.3 Å². The average molecular weight is 490 g/mol. The highest BCUT2D eigenvalue weighted by atomic mass is 19.1. The minimum Gasteiger partial charge on any atom is -0.462 e. The molecule has 1 aliphatic heterocycles. The number of hydrogen-bond donors (Lipinski definition) is 0. The van der Waals surface area contributed by atoms with Gasteiger partial charge in [0.2, 0.25) is 0 Å². The molecular weight excluding hydrogens is 467 g/mol. The van der Waals surface area contributed by atoms with Crippen molar-refractivity contribution >= 4 is 28.6 Å². The zero-order valence-electron chi connectivity index (χ0n) is 19.5. The van der Waals surface area contributed by atoms with Gasteiger partial charge in [-0.15, -0.1) is 0 Å². The molecule has 1 fully saturated rings. The zero-order chi connectivity index (χ0) is 25.2. The standard InChI is InChI=1S/C26H23FN4O5/c1-2-35-26(34)19-14-18-22(28-21-11-5-6-12-30(21)25(18)33)31(15-16-8-7-13-36-16)23(19)29-24(32)17-9-3-4-10-20(17)27/h3-6,9-12,14,16H,2,7-8,13,15H2,1H3. The molecule has 0 bridgehead atoms. The fraction of sp³-hybridized carbons (Fsp3) is 0.269. The lowest BCUT2D eigenvalue weighted by atomic mass is 10.1. The van der Waals surface area contributed by atoms with Crippen molar-refractivity contribution in [2.45, 2.75) is 32.4 Å². The Hall–Kier alpha value is -4.18. The van der Waals surface area contributed by atoms with Crippen LogP contribution < -0.4 is 11.0 Å². The lowest BCUT2D eigenvalue weighted by Gasteiger charge is -2.18. The number of pyridine rings is 2. The molecule has 1 saturated heterocycles. The van der Waals surface area contributed by atoms with E-state index in [1.54, 1.807) is 31.3 Å². The van der Waals surface area contributed by atoms with Crippen LogP contribution in [0.5, 0.6) is 0 Å². The Morgan fingerprint density at radius 1 is 1.19 bits per heavy atom. The van der Waals surface area contributed by atoms with Crippen LogP contribution >= 0.6 is 0 Å². The van der Waals surface area contributed by atoms with Crippen molar-refractivity contribution in [2.75, 3.05) is 13.2 Å². The highest BCUT2D eigenvalue weighted by Gasteiger charge is 2.24. The van der Waals surface area contributed by atoms with Crippen LogP contribution in [0.4, 0.5) is 4.39 Å². The second kappa shape index (κ2) is 9.82. The summed E-state index contributed by atoms with van der Waals surface area (Å²) in [6, 6.07) is 11.9. The van der Waals surface area contributed by atoms with Gasteiger partial charge in [-0.05, 0) is 50.1 Å². The number of halogens is 1. The van der Waals surface area contributed by atoms with E-state index in [2.05, 4.69) is 9.98 Å². The van der Waals surface area contributed by atoms with Gasteiger partial charge in [0.15, 0.2) is 5.49 Å². The molecule has 1 aromatic carbocycles. The van der Waals surface area contributed by atoms with Crippen LogP contribution in [0.1, 0.15) is 40.5 Å². The fourth-order valence-corrected chi connectivity index (χ4v) is 4.31. The molecular formula is C26H23FN4O5. The van der Waals surface area contributed by atoms with Gasteiger partial charge in [-0.1, -0.05) is 18.2 Å². The molecule has 0 aliphatic carbocycles. The molecule has 10 heteroatoms. The van der Waals surface area contributed by atoms with Crippen molar-refractivity contribution in [3.05, 3.63) is 87.5 Å². The third kappa shape index (κ3) is 4.31. The molecule has 1 amide bonds. The second-order valence-electron chi connectivity index (χ2n) is 8.33. The van der Waals surface area contributed by atoms with Gasteiger partial charge in [-0.3, -0.25) is 14.0 Å². The Balaban J connectivity index is 1.87. The van der Waals surface area contributed by atoms with Gasteiger partial charge in [0, 0.05) is 12.8 Å². The molecule has 3 aromatic heterocycles. The van der Waals surface area contributed by atoms with Gasteiger partial charge in [-0.25, -0.2) is 14.2 Å². The molecule has 4 heterocycles. The predicted molar refractivity (Wildman–Crippen MR) is 128 cm³/mol. The fourth-order valence-electron chi connectivity index (χ4n) is 4.31. The number of ether oxygens (including phenoxy) is 2. The Labute approximate surface area is 204 Å². The molecule has 0 radical (unpaired) electrons. The van der Waals surface area contributed by atoms with E-state index < -0.39 is 23.3 Å². The van der Waals surface area contributed by atoms with Crippen molar-refractivity contribution in [2.24, 2.45) is 4.99 Å². The number of rotatable bonds is 5. The summed E-state index contributed by atoms with van der Waals surface area (Å²) in [5.74, 6) is -2.38. The molecule has 0 saturated carbocycles. The van der Waals surface area contributed by atoms with E-state index in [-0.39, 0.29) is 46.9 Å². The molecule has 184 valence electrons. The number of carbonyl (C=O) groups excluding carboxylic acids is 2. The van der Waals surface area contributed by atoms with Crippen LogP contribution in [0.3, 0.4) is 0 Å². The van der Waals surface area contributed by atoms with Gasteiger partial charge >= 0.3 is 5.97 Å². The van der Waals surface area contributed by atoms with Gasteiger partial charge in [-0.2, -0.15) is 4.99 Å². The number of esters is 1. The third-order valence-electron chi connectivity index (χ3n) is 6.01. The molecule has 9 nitrogen and oxygen atoms in total. The Bertz CT molecular complexity index is 1620. The van der Waals surface area contributed by atoms with E-state index >= 15 is 0 Å². The number of carbonyl (C=O) groups is 2. The Morgan fingerprint density at radius 3 is 2.75 bits per heavy atom. The zero-order valence-corrected chi connectivity index (χ0v) is 19.5. The van der Waals surface area contributed by atoms with Crippen molar-refractivity contribution < 1.29 is 23.5 Å². The minimum atomic E-state index is -0.878. The summed E-state index contributed by atoms with van der Waals surface area (Å²) >= 11 is 0. The largest absolute Gasteiger partial charge is 0.462 e. The van der Waals surface area contributed by atoms with Crippen LogP contribution in [-0.4, -0.2) is 45.1 Å². The molecule has 0 N–H and O–H groups in total. The van der Waals surface area contributed by atoms with Crippen LogP contribution in [0, 0.1) is 5.82 Å². The normalized spacial score (nSPS) is 16.1. The lowest BCUT2D eigenvalue weighted by molar-refractivity contribution is 0.0521. The van der Waals surface area contributed by atoms with E-state index in [1.807, 2.05) is 0 Å². The third-order valence-corrected chi connectivity index (χ3v) is 6.01. The molecule has 0 spiro atoms. The molecule has 1 unspecified atom stereocenters. The second-order valence-corrected chi connectivity index (χ2v) is 8.33. The summed E-state index contributed by atoms with van der Waals surface area (Å²) in [5.41, 5.74) is -0.197. The van der Waals surface area contributed by atoms with E-state index in [9.17, 15) is 18.8 Å². The van der Waals surface area contributed by atoms with Crippen LogP contribution in [0.25, 0.3) is 16.7 Å². The van der Waals surface area contributed by atoms with Crippen molar-refractivity contribution in [3.8, 4) is 0 Å². The molecule has 36 heavy (non-hydrogen) atoms. The maximum Gasteiger partial charge on any atom is 0.341 e. The Morgan fingerprint density at radius 2 is 2.00 bits per heavy atom. The topological polar surface area (TPSA) is 104 Å². The number of fused-ring (bicyclic) bond motifs is 2. The summed E-state index contributed by atoms with van der Waals surface area (Å²) in [6.45, 7) is 2.46. The van der Waals surface area contributed by atoms with Crippen molar-refractivity contribution in [1.82, 2.24) is 14.0 Å². The average Bonchev–Trinajstić information content (AvgIpc) is 3.39. The van der Waals surface area contributed by atoms with E-state index in [1.165, 1.54) is 33.2 Å².